The van der Waals surface area contributed by atoms with E-state index < -0.39 is 61.5 Å². The minimum atomic E-state index is -1.61. The van der Waals surface area contributed by atoms with Crippen molar-refractivity contribution in [3.8, 4) is 0 Å². The van der Waals surface area contributed by atoms with E-state index in [0.717, 1.165) is 38.5 Å². The standard InChI is InChI=1S/C38H69NO9/c1-3-5-7-9-11-13-14-15-16-17-19-20-22-24-26-31(41)30(29-47-38-36(45)35(44)34(43)33(28-40)48-38)39-37(46)32(42)27-25-23-21-18-12-10-8-6-4-2/h10,12,17,19,24,26,30-36,38,40-45H,3-9,11,13-16,18,20-23,25,27-29H2,1-2H3,(H,39,46)/b12-10-,19-17+,26-24+. The Morgan fingerprint density at radius 2 is 1.25 bits per heavy atom. The molecule has 0 aromatic rings. The van der Waals surface area contributed by atoms with E-state index in [2.05, 4.69) is 43.5 Å². The second kappa shape index (κ2) is 29.1. The Hall–Kier alpha value is -1.63. The molecule has 48 heavy (non-hydrogen) atoms. The number of carbonyl (C=O) groups excluding carboxylic acids is 1. The van der Waals surface area contributed by atoms with Gasteiger partial charge in [-0.25, -0.2) is 0 Å². The van der Waals surface area contributed by atoms with Gasteiger partial charge in [0.15, 0.2) is 6.29 Å². The number of allylic oxidation sites excluding steroid dienone is 5. The molecular weight excluding hydrogens is 614 g/mol. The third kappa shape index (κ3) is 20.1. The molecule has 0 aliphatic carbocycles. The van der Waals surface area contributed by atoms with Crippen molar-refractivity contribution < 1.29 is 44.9 Å². The molecule has 10 nitrogen and oxygen atoms in total. The summed E-state index contributed by atoms with van der Waals surface area (Å²) in [6.07, 6.45) is 22.5. The zero-order chi connectivity index (χ0) is 35.4. The van der Waals surface area contributed by atoms with Gasteiger partial charge in [-0.15, -0.1) is 0 Å². The molecule has 0 bridgehead atoms. The highest BCUT2D eigenvalue weighted by atomic mass is 16.7. The van der Waals surface area contributed by atoms with E-state index in [1.165, 1.54) is 64.2 Å². The molecule has 1 saturated heterocycles. The van der Waals surface area contributed by atoms with Crippen molar-refractivity contribution in [3.05, 3.63) is 36.5 Å². The van der Waals surface area contributed by atoms with Gasteiger partial charge in [0.05, 0.1) is 25.4 Å². The Bertz CT molecular complexity index is 865. The fourth-order valence-corrected chi connectivity index (χ4v) is 5.57. The summed E-state index contributed by atoms with van der Waals surface area (Å²) in [6.45, 7) is 3.47. The molecule has 1 aliphatic rings. The maximum atomic E-state index is 12.9. The Labute approximate surface area is 290 Å². The second-order valence-electron chi connectivity index (χ2n) is 13.1. The normalized spacial score (nSPS) is 23.7. The van der Waals surface area contributed by atoms with Crippen LogP contribution in [0.1, 0.15) is 136 Å². The molecule has 0 radical (unpaired) electrons. The molecule has 1 rings (SSSR count). The number of aliphatic hydroxyl groups is 6. The van der Waals surface area contributed by atoms with Crippen LogP contribution in [0.15, 0.2) is 36.5 Å². The average Bonchev–Trinajstić information content (AvgIpc) is 3.08. The fraction of sp³-hybridized carbons (Fsp3) is 0.816. The first-order valence-electron chi connectivity index (χ1n) is 18.8. The SMILES string of the molecule is CCCC/C=C\CCCCCC(O)C(=O)NC(COC1OC(CO)C(O)C(O)C1O)C(O)/C=C/CC/C=C/CCCCCCCCCC. The van der Waals surface area contributed by atoms with Gasteiger partial charge in [0.2, 0.25) is 5.91 Å². The number of nitrogens with one attached hydrogen (secondary N) is 1. The van der Waals surface area contributed by atoms with Gasteiger partial charge < -0.3 is 45.4 Å². The minimum Gasteiger partial charge on any atom is -0.394 e. The molecule has 10 heteroatoms. The maximum Gasteiger partial charge on any atom is 0.249 e. The summed E-state index contributed by atoms with van der Waals surface area (Å²) >= 11 is 0. The maximum absolute atomic E-state index is 12.9. The third-order valence-corrected chi connectivity index (χ3v) is 8.79. The van der Waals surface area contributed by atoms with Gasteiger partial charge in [-0.05, 0) is 51.4 Å². The van der Waals surface area contributed by atoms with Gasteiger partial charge in [-0.2, -0.15) is 0 Å². The lowest BCUT2D eigenvalue weighted by molar-refractivity contribution is -0.302. The fourth-order valence-electron chi connectivity index (χ4n) is 5.57. The molecule has 8 atom stereocenters. The van der Waals surface area contributed by atoms with Crippen LogP contribution >= 0.6 is 0 Å². The first-order chi connectivity index (χ1) is 23.3. The van der Waals surface area contributed by atoms with Crippen LogP contribution in [-0.4, -0.2) is 98.7 Å². The zero-order valence-corrected chi connectivity index (χ0v) is 29.8. The first-order valence-corrected chi connectivity index (χ1v) is 18.8. The van der Waals surface area contributed by atoms with E-state index in [1.807, 2.05) is 6.08 Å². The summed E-state index contributed by atoms with van der Waals surface area (Å²) in [7, 11) is 0. The topological polar surface area (TPSA) is 169 Å². The summed E-state index contributed by atoms with van der Waals surface area (Å²) in [6, 6.07) is -0.999. The van der Waals surface area contributed by atoms with Gasteiger partial charge in [-0.1, -0.05) is 121 Å². The van der Waals surface area contributed by atoms with Gasteiger partial charge in [0.1, 0.15) is 30.5 Å². The van der Waals surface area contributed by atoms with E-state index in [9.17, 15) is 35.4 Å². The summed E-state index contributed by atoms with van der Waals surface area (Å²) < 4.78 is 11.0. The molecule has 7 N–H and O–H groups in total. The van der Waals surface area contributed by atoms with Crippen molar-refractivity contribution in [1.82, 2.24) is 5.32 Å². The van der Waals surface area contributed by atoms with Crippen LogP contribution < -0.4 is 5.32 Å². The quantitative estimate of drug-likeness (QED) is 0.0418. The van der Waals surface area contributed by atoms with Gasteiger partial charge in [-0.3, -0.25) is 4.79 Å². The lowest BCUT2D eigenvalue weighted by Gasteiger charge is -2.40. The van der Waals surface area contributed by atoms with Crippen LogP contribution in [0.3, 0.4) is 0 Å². The monoisotopic (exact) mass is 683 g/mol. The first kappa shape index (κ1) is 44.4. The second-order valence-corrected chi connectivity index (χ2v) is 13.1. The van der Waals surface area contributed by atoms with Crippen LogP contribution in [0.4, 0.5) is 0 Å². The molecule has 1 aliphatic heterocycles. The smallest absolute Gasteiger partial charge is 0.249 e. The summed E-state index contributed by atoms with van der Waals surface area (Å²) in [4.78, 5) is 12.9. The Balaban J connectivity index is 2.59. The molecule has 0 aromatic heterocycles. The Morgan fingerprint density at radius 1 is 0.708 bits per heavy atom. The van der Waals surface area contributed by atoms with Crippen molar-refractivity contribution in [2.45, 2.75) is 185 Å². The summed E-state index contributed by atoms with van der Waals surface area (Å²) in [5.74, 6) is -0.645. The van der Waals surface area contributed by atoms with Crippen molar-refractivity contribution in [1.29, 1.82) is 0 Å². The highest BCUT2D eigenvalue weighted by Gasteiger charge is 2.44. The Kier molecular flexibility index (Phi) is 26.9. The summed E-state index contributed by atoms with van der Waals surface area (Å²) in [5.41, 5.74) is 0. The van der Waals surface area contributed by atoms with E-state index in [1.54, 1.807) is 6.08 Å². The molecule has 0 spiro atoms. The highest BCUT2D eigenvalue weighted by molar-refractivity contribution is 5.80. The zero-order valence-electron chi connectivity index (χ0n) is 29.8. The number of ether oxygens (including phenoxy) is 2. The highest BCUT2D eigenvalue weighted by Crippen LogP contribution is 2.22. The van der Waals surface area contributed by atoms with E-state index in [4.69, 9.17) is 9.47 Å². The van der Waals surface area contributed by atoms with Crippen molar-refractivity contribution in [2.75, 3.05) is 13.2 Å². The van der Waals surface area contributed by atoms with Crippen LogP contribution in [0, 0.1) is 0 Å². The number of hydrogen-bond acceptors (Lipinski definition) is 9. The number of hydrogen-bond donors (Lipinski definition) is 7. The van der Waals surface area contributed by atoms with Crippen molar-refractivity contribution in [3.63, 3.8) is 0 Å². The number of amides is 1. The third-order valence-electron chi connectivity index (χ3n) is 8.79. The predicted octanol–water partition coefficient (Wildman–Crippen LogP) is 5.13. The molecule has 1 heterocycles. The van der Waals surface area contributed by atoms with Crippen LogP contribution in [0.5, 0.6) is 0 Å². The van der Waals surface area contributed by atoms with E-state index >= 15 is 0 Å². The molecule has 1 fully saturated rings. The minimum absolute atomic E-state index is 0.281. The molecule has 8 unspecified atom stereocenters. The number of unbranched alkanes of at least 4 members (excludes halogenated alkanes) is 14. The number of aliphatic hydroxyl groups excluding tert-OH is 6. The van der Waals surface area contributed by atoms with Gasteiger partial charge >= 0.3 is 0 Å². The van der Waals surface area contributed by atoms with E-state index in [0.29, 0.717) is 12.8 Å². The number of carbonyl (C=O) groups is 1. The molecule has 1 amide bonds. The molecule has 0 saturated carbocycles. The van der Waals surface area contributed by atoms with Crippen molar-refractivity contribution >= 4 is 5.91 Å². The van der Waals surface area contributed by atoms with Crippen LogP contribution in [0.25, 0.3) is 0 Å². The van der Waals surface area contributed by atoms with E-state index in [-0.39, 0.29) is 13.0 Å². The average molecular weight is 684 g/mol. The molecule has 0 aromatic carbocycles. The Morgan fingerprint density at radius 3 is 1.88 bits per heavy atom. The summed E-state index contributed by atoms with van der Waals surface area (Å²) in [5, 5.41) is 64.1. The lowest BCUT2D eigenvalue weighted by atomic mass is 9.99. The molecular formula is C38H69NO9. The molecule has 280 valence electrons. The number of rotatable bonds is 29. The van der Waals surface area contributed by atoms with Gasteiger partial charge in [0.25, 0.3) is 0 Å². The lowest BCUT2D eigenvalue weighted by Crippen LogP contribution is -2.60. The predicted molar refractivity (Wildman–Crippen MR) is 190 cm³/mol. The van der Waals surface area contributed by atoms with Crippen LogP contribution in [0.2, 0.25) is 0 Å². The van der Waals surface area contributed by atoms with Crippen LogP contribution in [-0.2, 0) is 14.3 Å². The van der Waals surface area contributed by atoms with Crippen molar-refractivity contribution in [2.24, 2.45) is 0 Å². The largest absolute Gasteiger partial charge is 0.394 e. The van der Waals surface area contributed by atoms with Gasteiger partial charge in [0, 0.05) is 0 Å².